The Bertz CT molecular complexity index is 600. The second-order valence-corrected chi connectivity index (χ2v) is 4.24. The molecule has 0 fully saturated rings. The van der Waals surface area contributed by atoms with E-state index in [9.17, 15) is 17.6 Å². The Morgan fingerprint density at radius 2 is 1.43 bits per heavy atom. The minimum Gasteiger partial charge on any atom is -0.497 e. The third kappa shape index (κ3) is 3.09. The number of methoxy groups -OCH3 is 1. The highest BCUT2D eigenvalue weighted by molar-refractivity contribution is 5.33. The van der Waals surface area contributed by atoms with Crippen LogP contribution in [0.5, 0.6) is 11.5 Å². The molecule has 0 aromatic heterocycles. The summed E-state index contributed by atoms with van der Waals surface area (Å²) in [5, 5.41) is 0. The SMILES string of the molecule is COc1cccc(OC(F)(F)C(F)(F)c2ccccc2)c1. The van der Waals surface area contributed by atoms with Gasteiger partial charge in [-0.2, -0.15) is 17.6 Å². The summed E-state index contributed by atoms with van der Waals surface area (Å²) in [7, 11) is 1.33. The summed E-state index contributed by atoms with van der Waals surface area (Å²) >= 11 is 0. The van der Waals surface area contributed by atoms with Crippen molar-refractivity contribution >= 4 is 0 Å². The van der Waals surface area contributed by atoms with Gasteiger partial charge in [0.15, 0.2) is 0 Å². The molecule has 21 heavy (non-hydrogen) atoms. The highest BCUT2D eigenvalue weighted by Crippen LogP contribution is 2.44. The van der Waals surface area contributed by atoms with Gasteiger partial charge in [-0.3, -0.25) is 0 Å². The van der Waals surface area contributed by atoms with Crippen LogP contribution in [0.25, 0.3) is 0 Å². The van der Waals surface area contributed by atoms with Crippen molar-refractivity contribution < 1.29 is 27.0 Å². The number of hydrogen-bond donors (Lipinski definition) is 0. The molecule has 0 saturated heterocycles. The number of hydrogen-bond acceptors (Lipinski definition) is 2. The Kier molecular flexibility index (Phi) is 4.06. The average Bonchev–Trinajstić information content (AvgIpc) is 2.47. The standard InChI is InChI=1S/C15H12F4O2/c1-20-12-8-5-9-13(10-12)21-15(18,19)14(16,17)11-6-3-2-4-7-11/h2-10H,1H3. The van der Waals surface area contributed by atoms with Gasteiger partial charge >= 0.3 is 12.0 Å². The maximum absolute atomic E-state index is 13.9. The Morgan fingerprint density at radius 3 is 2.05 bits per heavy atom. The number of benzene rings is 2. The first kappa shape index (κ1) is 15.2. The van der Waals surface area contributed by atoms with Crippen molar-refractivity contribution in [3.63, 3.8) is 0 Å². The molecule has 0 amide bonds. The Labute approximate surface area is 118 Å². The van der Waals surface area contributed by atoms with Gasteiger partial charge in [-0.15, -0.1) is 0 Å². The van der Waals surface area contributed by atoms with Crippen LogP contribution in [0.2, 0.25) is 0 Å². The zero-order valence-electron chi connectivity index (χ0n) is 11.0. The van der Waals surface area contributed by atoms with Crippen LogP contribution in [0, 0.1) is 0 Å². The number of halogens is 4. The van der Waals surface area contributed by atoms with Crippen molar-refractivity contribution in [1.29, 1.82) is 0 Å². The summed E-state index contributed by atoms with van der Waals surface area (Å²) in [5.74, 6) is -4.64. The number of ether oxygens (including phenoxy) is 2. The van der Waals surface area contributed by atoms with Gasteiger partial charge in [-0.1, -0.05) is 36.4 Å². The van der Waals surface area contributed by atoms with E-state index in [0.29, 0.717) is 0 Å². The fraction of sp³-hybridized carbons (Fsp3) is 0.200. The van der Waals surface area contributed by atoms with Crippen LogP contribution in [0.15, 0.2) is 54.6 Å². The molecule has 0 atom stereocenters. The molecule has 0 saturated carbocycles. The van der Waals surface area contributed by atoms with E-state index in [2.05, 4.69) is 4.74 Å². The second-order valence-electron chi connectivity index (χ2n) is 4.24. The molecular weight excluding hydrogens is 288 g/mol. The molecule has 112 valence electrons. The number of rotatable bonds is 5. The van der Waals surface area contributed by atoms with Gasteiger partial charge in [0.2, 0.25) is 0 Å². The monoisotopic (exact) mass is 300 g/mol. The summed E-state index contributed by atoms with van der Waals surface area (Å²) in [4.78, 5) is 0. The van der Waals surface area contributed by atoms with Crippen molar-refractivity contribution in [2.75, 3.05) is 7.11 Å². The zero-order chi connectivity index (χ0) is 15.5. The van der Waals surface area contributed by atoms with E-state index in [1.54, 1.807) is 0 Å². The highest BCUT2D eigenvalue weighted by Gasteiger charge is 2.60. The molecule has 0 bridgehead atoms. The molecule has 2 aromatic rings. The summed E-state index contributed by atoms with van der Waals surface area (Å²) < 4.78 is 64.4. The molecule has 0 radical (unpaired) electrons. The van der Waals surface area contributed by atoms with Crippen molar-refractivity contribution in [2.45, 2.75) is 12.0 Å². The summed E-state index contributed by atoms with van der Waals surface area (Å²) in [6.45, 7) is 0. The van der Waals surface area contributed by atoms with E-state index in [0.717, 1.165) is 24.3 Å². The van der Waals surface area contributed by atoms with Crippen LogP contribution in [0.1, 0.15) is 5.56 Å². The molecule has 0 aliphatic carbocycles. The quantitative estimate of drug-likeness (QED) is 0.759. The average molecular weight is 300 g/mol. The number of alkyl halides is 4. The molecule has 0 aliphatic heterocycles. The molecule has 0 unspecified atom stereocenters. The maximum atomic E-state index is 13.9. The molecule has 0 N–H and O–H groups in total. The third-order valence-corrected chi connectivity index (χ3v) is 2.79. The molecule has 0 aliphatic rings. The van der Waals surface area contributed by atoms with E-state index in [-0.39, 0.29) is 5.75 Å². The van der Waals surface area contributed by atoms with Gasteiger partial charge in [0, 0.05) is 11.6 Å². The lowest BCUT2D eigenvalue weighted by Gasteiger charge is -2.26. The minimum absolute atomic E-state index is 0.228. The molecular formula is C15H12F4O2. The topological polar surface area (TPSA) is 18.5 Å². The first-order valence-electron chi connectivity index (χ1n) is 6.01. The molecule has 2 rings (SSSR count). The van der Waals surface area contributed by atoms with Gasteiger partial charge in [-0.25, -0.2) is 0 Å². The lowest BCUT2D eigenvalue weighted by Crippen LogP contribution is -2.43. The predicted molar refractivity (Wildman–Crippen MR) is 68.9 cm³/mol. The fourth-order valence-electron chi connectivity index (χ4n) is 1.69. The lowest BCUT2D eigenvalue weighted by atomic mass is 10.1. The minimum atomic E-state index is -4.69. The van der Waals surface area contributed by atoms with E-state index < -0.39 is 23.3 Å². The summed E-state index contributed by atoms with van der Waals surface area (Å²) in [6.07, 6.45) is -4.69. The van der Waals surface area contributed by atoms with Crippen LogP contribution in [0.4, 0.5) is 17.6 Å². The van der Waals surface area contributed by atoms with E-state index in [1.165, 1.54) is 37.4 Å². The predicted octanol–water partition coefficient (Wildman–Crippen LogP) is 4.46. The van der Waals surface area contributed by atoms with Crippen molar-refractivity contribution in [3.8, 4) is 11.5 Å². The van der Waals surface area contributed by atoms with Crippen LogP contribution < -0.4 is 9.47 Å². The van der Waals surface area contributed by atoms with E-state index in [1.807, 2.05) is 0 Å². The van der Waals surface area contributed by atoms with E-state index in [4.69, 9.17) is 4.74 Å². The van der Waals surface area contributed by atoms with Crippen LogP contribution >= 0.6 is 0 Å². The lowest BCUT2D eigenvalue weighted by molar-refractivity contribution is -0.316. The van der Waals surface area contributed by atoms with Gasteiger partial charge < -0.3 is 9.47 Å². The van der Waals surface area contributed by atoms with Crippen molar-refractivity contribution in [2.24, 2.45) is 0 Å². The summed E-state index contributed by atoms with van der Waals surface area (Å²) in [5.41, 5.74) is -0.821. The Balaban J connectivity index is 2.28. The van der Waals surface area contributed by atoms with Gasteiger partial charge in [-0.05, 0) is 12.1 Å². The first-order valence-corrected chi connectivity index (χ1v) is 6.01. The van der Waals surface area contributed by atoms with E-state index >= 15 is 0 Å². The van der Waals surface area contributed by atoms with Gasteiger partial charge in [0.25, 0.3) is 0 Å². The molecule has 2 nitrogen and oxygen atoms in total. The first-order chi connectivity index (χ1) is 9.87. The Morgan fingerprint density at radius 1 is 0.810 bits per heavy atom. The summed E-state index contributed by atoms with van der Waals surface area (Å²) in [6, 6.07) is 10.9. The van der Waals surface area contributed by atoms with Gasteiger partial charge in [0.05, 0.1) is 7.11 Å². The van der Waals surface area contributed by atoms with Crippen molar-refractivity contribution in [1.82, 2.24) is 0 Å². The molecule has 0 spiro atoms. The third-order valence-electron chi connectivity index (χ3n) is 2.79. The van der Waals surface area contributed by atoms with Crippen molar-refractivity contribution in [3.05, 3.63) is 60.2 Å². The molecule has 6 heteroatoms. The largest absolute Gasteiger partial charge is 0.497 e. The fourth-order valence-corrected chi connectivity index (χ4v) is 1.69. The highest BCUT2D eigenvalue weighted by atomic mass is 19.3. The maximum Gasteiger partial charge on any atom is 0.469 e. The Hall–Kier alpha value is -2.24. The molecule has 2 aromatic carbocycles. The normalized spacial score (nSPS) is 12.0. The van der Waals surface area contributed by atoms with Crippen LogP contribution in [-0.2, 0) is 5.92 Å². The van der Waals surface area contributed by atoms with Gasteiger partial charge in [0.1, 0.15) is 11.5 Å². The van der Waals surface area contributed by atoms with Crippen LogP contribution in [-0.4, -0.2) is 13.2 Å². The van der Waals surface area contributed by atoms with Crippen LogP contribution in [0.3, 0.4) is 0 Å². The zero-order valence-corrected chi connectivity index (χ0v) is 11.0. The smallest absolute Gasteiger partial charge is 0.469 e. The molecule has 0 heterocycles. The second kappa shape index (κ2) is 5.63.